The van der Waals surface area contributed by atoms with Crippen LogP contribution in [-0.4, -0.2) is 25.2 Å². The SMILES string of the molecule is C.CCOC(=O)c1cccc(-c2c(C)cc(C)cc2CBr)c1.CCOC(=O)c1cccc(-c2c(C)cc(CBr)cc2C)c1. The minimum atomic E-state index is -0.274. The highest BCUT2D eigenvalue weighted by Crippen LogP contribution is 2.32. The summed E-state index contributed by atoms with van der Waals surface area (Å²) in [4.78, 5) is 23.8. The van der Waals surface area contributed by atoms with Crippen molar-refractivity contribution in [1.29, 1.82) is 0 Å². The number of aryl methyl sites for hydroxylation is 4. The van der Waals surface area contributed by atoms with E-state index in [-0.39, 0.29) is 19.4 Å². The average Bonchev–Trinajstić information content (AvgIpc) is 2.97. The Morgan fingerprint density at radius 3 is 1.53 bits per heavy atom. The van der Waals surface area contributed by atoms with Gasteiger partial charge in [0, 0.05) is 10.7 Å². The van der Waals surface area contributed by atoms with Crippen molar-refractivity contribution in [2.75, 3.05) is 13.2 Å². The normalized spacial score (nSPS) is 10.2. The molecule has 43 heavy (non-hydrogen) atoms. The molecule has 0 aliphatic carbocycles. The van der Waals surface area contributed by atoms with Crippen molar-refractivity contribution in [3.63, 3.8) is 0 Å². The first kappa shape index (κ1) is 36.0. The number of benzene rings is 4. The highest BCUT2D eigenvalue weighted by Gasteiger charge is 2.13. The van der Waals surface area contributed by atoms with Crippen LogP contribution in [0.1, 0.15) is 75.4 Å². The van der Waals surface area contributed by atoms with E-state index < -0.39 is 0 Å². The summed E-state index contributed by atoms with van der Waals surface area (Å²) in [5.74, 6) is -0.545. The van der Waals surface area contributed by atoms with Gasteiger partial charge >= 0.3 is 11.9 Å². The molecular formula is C37H42Br2O4. The molecule has 4 rings (SSSR count). The second kappa shape index (κ2) is 17.2. The van der Waals surface area contributed by atoms with Crippen molar-refractivity contribution < 1.29 is 19.1 Å². The fourth-order valence-corrected chi connectivity index (χ4v) is 5.96. The van der Waals surface area contributed by atoms with Gasteiger partial charge in [0.1, 0.15) is 0 Å². The Labute approximate surface area is 274 Å². The number of alkyl halides is 2. The summed E-state index contributed by atoms with van der Waals surface area (Å²) in [7, 11) is 0. The van der Waals surface area contributed by atoms with Crippen LogP contribution in [0.15, 0.2) is 72.8 Å². The molecule has 0 amide bonds. The largest absolute Gasteiger partial charge is 0.462 e. The van der Waals surface area contributed by atoms with Crippen molar-refractivity contribution in [1.82, 2.24) is 0 Å². The lowest BCUT2D eigenvalue weighted by Crippen LogP contribution is -2.04. The zero-order valence-corrected chi connectivity index (χ0v) is 28.3. The Morgan fingerprint density at radius 2 is 1.09 bits per heavy atom. The quantitative estimate of drug-likeness (QED) is 0.135. The molecule has 6 heteroatoms. The van der Waals surface area contributed by atoms with Gasteiger partial charge in [0.25, 0.3) is 0 Å². The van der Waals surface area contributed by atoms with Gasteiger partial charge in [0.05, 0.1) is 24.3 Å². The van der Waals surface area contributed by atoms with Gasteiger partial charge in [-0.05, 0) is 116 Å². The molecule has 0 saturated heterocycles. The maximum absolute atomic E-state index is 11.9. The van der Waals surface area contributed by atoms with Gasteiger partial charge in [-0.15, -0.1) is 0 Å². The number of hydrogen-bond acceptors (Lipinski definition) is 4. The van der Waals surface area contributed by atoms with Crippen LogP contribution in [0.3, 0.4) is 0 Å². The fourth-order valence-electron chi connectivity index (χ4n) is 5.19. The van der Waals surface area contributed by atoms with E-state index in [1.807, 2.05) is 50.2 Å². The summed E-state index contributed by atoms with van der Waals surface area (Å²) in [5.41, 5.74) is 13.0. The molecule has 0 fully saturated rings. The molecule has 0 spiro atoms. The molecule has 0 N–H and O–H groups in total. The Kier molecular flexibility index (Phi) is 14.4. The van der Waals surface area contributed by atoms with E-state index in [9.17, 15) is 9.59 Å². The van der Waals surface area contributed by atoms with Gasteiger partial charge in [-0.1, -0.05) is 93.4 Å². The topological polar surface area (TPSA) is 52.6 Å². The minimum Gasteiger partial charge on any atom is -0.462 e. The molecule has 4 aromatic carbocycles. The van der Waals surface area contributed by atoms with Crippen LogP contribution in [0.5, 0.6) is 0 Å². The van der Waals surface area contributed by atoms with Gasteiger partial charge in [0.15, 0.2) is 0 Å². The summed E-state index contributed by atoms with van der Waals surface area (Å²) in [6.07, 6.45) is 0. The predicted octanol–water partition coefficient (Wildman–Crippen LogP) is 10.7. The van der Waals surface area contributed by atoms with Gasteiger partial charge < -0.3 is 9.47 Å². The first-order chi connectivity index (χ1) is 20.1. The summed E-state index contributed by atoms with van der Waals surface area (Å²) in [6, 6.07) is 24.0. The van der Waals surface area contributed by atoms with E-state index in [2.05, 4.69) is 83.8 Å². The number of carbonyl (C=O) groups excluding carboxylic acids is 2. The molecule has 0 heterocycles. The van der Waals surface area contributed by atoms with Gasteiger partial charge in [-0.2, -0.15) is 0 Å². The Morgan fingerprint density at radius 1 is 0.628 bits per heavy atom. The molecule has 0 saturated carbocycles. The highest BCUT2D eigenvalue weighted by atomic mass is 79.9. The molecule has 0 aliphatic heterocycles. The first-order valence-corrected chi connectivity index (χ1v) is 16.2. The number of halogens is 2. The Bertz CT molecular complexity index is 1540. The van der Waals surface area contributed by atoms with Crippen LogP contribution in [0.4, 0.5) is 0 Å². The van der Waals surface area contributed by atoms with Crippen LogP contribution < -0.4 is 0 Å². The van der Waals surface area contributed by atoms with Crippen LogP contribution in [0.25, 0.3) is 22.3 Å². The van der Waals surface area contributed by atoms with Crippen LogP contribution in [-0.2, 0) is 20.1 Å². The molecule has 0 atom stereocenters. The Hall–Kier alpha value is -3.22. The Balaban J connectivity index is 0.000000293. The first-order valence-electron chi connectivity index (χ1n) is 14.0. The lowest BCUT2D eigenvalue weighted by Gasteiger charge is -2.14. The van der Waals surface area contributed by atoms with Crippen LogP contribution >= 0.6 is 31.9 Å². The monoisotopic (exact) mass is 708 g/mol. The van der Waals surface area contributed by atoms with Crippen molar-refractivity contribution in [2.45, 2.75) is 59.6 Å². The third kappa shape index (κ3) is 9.38. The number of ether oxygens (including phenoxy) is 2. The molecule has 0 bridgehead atoms. The zero-order valence-electron chi connectivity index (χ0n) is 25.1. The second-order valence-corrected chi connectivity index (χ2v) is 11.2. The van der Waals surface area contributed by atoms with E-state index in [1.165, 1.54) is 44.5 Å². The van der Waals surface area contributed by atoms with Crippen molar-refractivity contribution in [3.8, 4) is 22.3 Å². The zero-order chi connectivity index (χ0) is 30.8. The minimum absolute atomic E-state index is 0. The van der Waals surface area contributed by atoms with Crippen molar-refractivity contribution in [3.05, 3.63) is 117 Å². The van der Waals surface area contributed by atoms with Crippen LogP contribution in [0, 0.1) is 27.7 Å². The fraction of sp³-hybridized carbons (Fsp3) is 0.297. The maximum atomic E-state index is 11.9. The number of carbonyl (C=O) groups is 2. The molecule has 4 nitrogen and oxygen atoms in total. The van der Waals surface area contributed by atoms with Gasteiger partial charge in [0.2, 0.25) is 0 Å². The van der Waals surface area contributed by atoms with E-state index in [0.717, 1.165) is 21.8 Å². The van der Waals surface area contributed by atoms with Gasteiger partial charge in [-0.3, -0.25) is 0 Å². The standard InChI is InChI=1S/2C18H19BrO2.CH4/c1-4-21-18(20)16-7-5-6-15(10-16)17-12(2)8-14(11-19)9-13(17)3;1-4-21-18(20)15-7-5-6-14(10-15)17-13(3)8-12(2)9-16(17)11-19;/h2*5-10H,4,11H2,1-3H3;1H4. The lowest BCUT2D eigenvalue weighted by molar-refractivity contribution is 0.0517. The third-order valence-corrected chi connectivity index (χ3v) is 8.03. The van der Waals surface area contributed by atoms with E-state index >= 15 is 0 Å². The second-order valence-electron chi connectivity index (χ2n) is 10.1. The smallest absolute Gasteiger partial charge is 0.338 e. The molecule has 228 valence electrons. The number of hydrogen-bond donors (Lipinski definition) is 0. The van der Waals surface area contributed by atoms with E-state index in [4.69, 9.17) is 9.47 Å². The summed E-state index contributed by atoms with van der Waals surface area (Å²) in [5, 5.41) is 1.63. The van der Waals surface area contributed by atoms with E-state index in [1.54, 1.807) is 12.1 Å². The summed E-state index contributed by atoms with van der Waals surface area (Å²) < 4.78 is 10.1. The molecule has 0 aromatic heterocycles. The average molecular weight is 711 g/mol. The van der Waals surface area contributed by atoms with Crippen LogP contribution in [0.2, 0.25) is 0 Å². The molecule has 0 radical (unpaired) electrons. The summed E-state index contributed by atoms with van der Waals surface area (Å²) in [6.45, 7) is 12.8. The van der Waals surface area contributed by atoms with Gasteiger partial charge in [-0.25, -0.2) is 9.59 Å². The molecule has 0 unspecified atom stereocenters. The molecule has 0 aliphatic rings. The number of esters is 2. The molecule has 4 aromatic rings. The number of rotatable bonds is 8. The predicted molar refractivity (Wildman–Crippen MR) is 187 cm³/mol. The van der Waals surface area contributed by atoms with Crippen molar-refractivity contribution >= 4 is 43.8 Å². The molecular weight excluding hydrogens is 668 g/mol. The van der Waals surface area contributed by atoms with Crippen molar-refractivity contribution in [2.24, 2.45) is 0 Å². The maximum Gasteiger partial charge on any atom is 0.338 e. The third-order valence-electron chi connectivity index (χ3n) is 6.78. The van der Waals surface area contributed by atoms with E-state index in [0.29, 0.717) is 24.3 Å². The summed E-state index contributed by atoms with van der Waals surface area (Å²) >= 11 is 7.05. The lowest BCUT2D eigenvalue weighted by atomic mass is 9.93. The highest BCUT2D eigenvalue weighted by molar-refractivity contribution is 9.08.